The summed E-state index contributed by atoms with van der Waals surface area (Å²) in [5, 5.41) is 12.5. The minimum atomic E-state index is -0.0851. The third kappa shape index (κ3) is 2.94. The summed E-state index contributed by atoms with van der Waals surface area (Å²) in [7, 11) is 0. The molecule has 1 N–H and O–H groups in total. The van der Waals surface area contributed by atoms with Gasteiger partial charge in [-0.05, 0) is 35.7 Å². The number of hydrogen-bond acceptors (Lipinski definition) is 4. The van der Waals surface area contributed by atoms with Gasteiger partial charge in [-0.3, -0.25) is 9.36 Å². The van der Waals surface area contributed by atoms with Crippen LogP contribution in [0.1, 0.15) is 21.1 Å². The van der Waals surface area contributed by atoms with Crippen LogP contribution >= 0.6 is 11.3 Å². The fourth-order valence-corrected chi connectivity index (χ4v) is 4.06. The highest BCUT2D eigenvalue weighted by molar-refractivity contribution is 7.12. The van der Waals surface area contributed by atoms with Gasteiger partial charge in [0.15, 0.2) is 0 Å². The molecule has 5 rings (SSSR count). The molecule has 0 aliphatic rings. The molecule has 5 aromatic rings. The van der Waals surface area contributed by atoms with Crippen molar-refractivity contribution in [2.45, 2.75) is 0 Å². The predicted molar refractivity (Wildman–Crippen MR) is 116 cm³/mol. The second-order valence-electron chi connectivity index (χ2n) is 6.53. The van der Waals surface area contributed by atoms with E-state index in [1.165, 1.54) is 11.3 Å². The van der Waals surface area contributed by atoms with Gasteiger partial charge in [0.1, 0.15) is 11.9 Å². The molecular weight excluding hydrogens is 380 g/mol. The lowest BCUT2D eigenvalue weighted by atomic mass is 10.1. The Morgan fingerprint density at radius 3 is 2.72 bits per heavy atom. The molecule has 3 heterocycles. The van der Waals surface area contributed by atoms with E-state index in [1.807, 2.05) is 66.0 Å². The topological polar surface area (TPSA) is 74.5 Å². The Balaban J connectivity index is 1.66. The van der Waals surface area contributed by atoms with Gasteiger partial charge in [-0.2, -0.15) is 5.26 Å². The van der Waals surface area contributed by atoms with Gasteiger partial charge in [0, 0.05) is 17.1 Å². The van der Waals surface area contributed by atoms with Crippen LogP contribution in [-0.4, -0.2) is 20.4 Å². The number of fused-ring (bicyclic) bond motifs is 2. The van der Waals surface area contributed by atoms with Crippen molar-refractivity contribution in [1.82, 2.24) is 14.5 Å². The Bertz CT molecular complexity index is 1400. The number of para-hydroxylation sites is 3. The number of imidazole rings is 1. The third-order valence-corrected chi connectivity index (χ3v) is 5.62. The van der Waals surface area contributed by atoms with Gasteiger partial charge in [0.25, 0.3) is 5.91 Å². The summed E-state index contributed by atoms with van der Waals surface area (Å²) in [6.07, 6.45) is 3.56. The van der Waals surface area contributed by atoms with Crippen molar-refractivity contribution < 1.29 is 4.79 Å². The lowest BCUT2D eigenvalue weighted by molar-refractivity contribution is 0.0969. The predicted octanol–water partition coefficient (Wildman–Crippen LogP) is 5.33. The zero-order valence-electron chi connectivity index (χ0n) is 15.2. The maximum atomic E-state index is 12.9. The van der Waals surface area contributed by atoms with Crippen LogP contribution in [0.15, 0.2) is 72.2 Å². The first-order chi connectivity index (χ1) is 14.2. The Morgan fingerprint density at radius 2 is 1.93 bits per heavy atom. The summed E-state index contributed by atoms with van der Waals surface area (Å²) >= 11 is 1.41. The highest BCUT2D eigenvalue weighted by atomic mass is 32.1. The largest absolute Gasteiger partial charge is 0.337 e. The molecule has 138 valence electrons. The van der Waals surface area contributed by atoms with Crippen molar-refractivity contribution in [3.63, 3.8) is 0 Å². The highest BCUT2D eigenvalue weighted by Crippen LogP contribution is 2.27. The van der Waals surface area contributed by atoms with E-state index in [2.05, 4.69) is 16.0 Å². The lowest BCUT2D eigenvalue weighted by Gasteiger charge is -2.01. The number of nitrogens with one attached hydrogen (secondary N) is 1. The van der Waals surface area contributed by atoms with Gasteiger partial charge in [0.05, 0.1) is 27.0 Å². The smallest absolute Gasteiger partial charge is 0.272 e. The molecule has 6 heteroatoms. The van der Waals surface area contributed by atoms with Crippen molar-refractivity contribution in [3.05, 3.63) is 88.5 Å². The second kappa shape index (κ2) is 6.89. The minimum absolute atomic E-state index is 0.0851. The van der Waals surface area contributed by atoms with E-state index < -0.39 is 0 Å². The zero-order valence-corrected chi connectivity index (χ0v) is 16.0. The van der Waals surface area contributed by atoms with Crippen molar-refractivity contribution in [2.75, 3.05) is 0 Å². The average molecular weight is 394 g/mol. The van der Waals surface area contributed by atoms with Crippen LogP contribution < -0.4 is 0 Å². The van der Waals surface area contributed by atoms with Gasteiger partial charge in [-0.15, -0.1) is 11.3 Å². The van der Waals surface area contributed by atoms with Gasteiger partial charge < -0.3 is 4.98 Å². The SMILES string of the molecule is N#CC(=Cc1cn(C(=O)c2cccs2)c2ccccc12)c1nc2ccccc2[nH]1. The minimum Gasteiger partial charge on any atom is -0.337 e. The van der Waals surface area contributed by atoms with Crippen LogP contribution in [0.2, 0.25) is 0 Å². The molecular formula is C23H14N4OS. The Labute approximate surface area is 170 Å². The van der Waals surface area contributed by atoms with Crippen LogP contribution in [0.5, 0.6) is 0 Å². The number of nitrogens with zero attached hydrogens (tertiary/aromatic N) is 3. The number of carbonyl (C=O) groups excluding carboxylic acids is 1. The molecule has 3 aromatic heterocycles. The van der Waals surface area contributed by atoms with E-state index in [4.69, 9.17) is 0 Å². The van der Waals surface area contributed by atoms with Crippen molar-refractivity contribution >= 4 is 50.8 Å². The molecule has 0 aliphatic heterocycles. The molecule has 0 spiro atoms. The van der Waals surface area contributed by atoms with Gasteiger partial charge in [-0.1, -0.05) is 36.4 Å². The first kappa shape index (κ1) is 17.2. The first-order valence-corrected chi connectivity index (χ1v) is 9.88. The summed E-state index contributed by atoms with van der Waals surface area (Å²) in [6.45, 7) is 0. The molecule has 0 radical (unpaired) electrons. The number of hydrogen-bond donors (Lipinski definition) is 1. The average Bonchev–Trinajstić information content (AvgIpc) is 3.50. The van der Waals surface area contributed by atoms with E-state index in [9.17, 15) is 10.1 Å². The van der Waals surface area contributed by atoms with E-state index in [-0.39, 0.29) is 5.91 Å². The number of rotatable bonds is 3. The molecule has 0 bridgehead atoms. The Hall–Kier alpha value is -3.95. The maximum absolute atomic E-state index is 12.9. The summed E-state index contributed by atoms with van der Waals surface area (Å²) in [6, 6.07) is 21.2. The molecule has 0 unspecified atom stereocenters. The van der Waals surface area contributed by atoms with Crippen LogP contribution in [-0.2, 0) is 0 Å². The fourth-order valence-electron chi connectivity index (χ4n) is 3.40. The molecule has 0 fully saturated rings. The van der Waals surface area contributed by atoms with Crippen LogP contribution in [0, 0.1) is 11.3 Å². The summed E-state index contributed by atoms with van der Waals surface area (Å²) in [5.74, 6) is 0.424. The first-order valence-electron chi connectivity index (χ1n) is 9.00. The number of benzene rings is 2. The molecule has 5 nitrogen and oxygen atoms in total. The number of allylic oxidation sites excluding steroid dienone is 1. The van der Waals surface area contributed by atoms with Crippen LogP contribution in [0.4, 0.5) is 0 Å². The summed E-state index contributed by atoms with van der Waals surface area (Å²) in [4.78, 5) is 21.3. The van der Waals surface area contributed by atoms with E-state index in [1.54, 1.807) is 16.8 Å². The standard InChI is InChI=1S/C23H14N4OS/c24-13-15(22-25-18-7-2-3-8-19(18)26-22)12-16-14-27(20-9-4-1-6-17(16)20)23(28)21-10-5-11-29-21/h1-12,14H,(H,25,26). The van der Waals surface area contributed by atoms with E-state index in [0.717, 1.165) is 27.5 Å². The molecule has 0 saturated carbocycles. The molecule has 0 aliphatic carbocycles. The fraction of sp³-hybridized carbons (Fsp3) is 0. The monoisotopic (exact) mass is 394 g/mol. The number of aromatic amines is 1. The highest BCUT2D eigenvalue weighted by Gasteiger charge is 2.16. The van der Waals surface area contributed by atoms with Gasteiger partial charge in [0.2, 0.25) is 0 Å². The summed E-state index contributed by atoms with van der Waals surface area (Å²) in [5.41, 5.74) is 3.69. The third-order valence-electron chi connectivity index (χ3n) is 4.76. The molecule has 0 amide bonds. The second-order valence-corrected chi connectivity index (χ2v) is 7.47. The van der Waals surface area contributed by atoms with Crippen LogP contribution in [0.3, 0.4) is 0 Å². The maximum Gasteiger partial charge on any atom is 0.272 e. The number of carbonyl (C=O) groups is 1. The Kier molecular flexibility index (Phi) is 4.08. The number of thiophene rings is 1. The Morgan fingerprint density at radius 1 is 1.10 bits per heavy atom. The zero-order chi connectivity index (χ0) is 19.8. The number of nitriles is 1. The molecule has 29 heavy (non-hydrogen) atoms. The molecule has 2 aromatic carbocycles. The van der Waals surface area contributed by atoms with Gasteiger partial charge in [-0.25, -0.2) is 4.98 Å². The van der Waals surface area contributed by atoms with E-state index in [0.29, 0.717) is 16.3 Å². The molecule has 0 saturated heterocycles. The van der Waals surface area contributed by atoms with Crippen molar-refractivity contribution in [1.29, 1.82) is 5.26 Å². The number of H-pyrrole nitrogens is 1. The number of aromatic nitrogens is 3. The van der Waals surface area contributed by atoms with Crippen LogP contribution in [0.25, 0.3) is 33.6 Å². The normalized spacial score (nSPS) is 11.8. The van der Waals surface area contributed by atoms with Crippen molar-refractivity contribution in [2.24, 2.45) is 0 Å². The van der Waals surface area contributed by atoms with E-state index >= 15 is 0 Å². The van der Waals surface area contributed by atoms with Gasteiger partial charge >= 0.3 is 0 Å². The molecule has 0 atom stereocenters. The lowest BCUT2D eigenvalue weighted by Crippen LogP contribution is -2.08. The quantitative estimate of drug-likeness (QED) is 0.420. The summed E-state index contributed by atoms with van der Waals surface area (Å²) < 4.78 is 1.64. The van der Waals surface area contributed by atoms with Crippen molar-refractivity contribution in [3.8, 4) is 6.07 Å².